The third-order valence-electron chi connectivity index (χ3n) is 4.06. The van der Waals surface area contributed by atoms with Gasteiger partial charge in [-0.1, -0.05) is 5.16 Å². The Kier molecular flexibility index (Phi) is 4.26. The van der Waals surface area contributed by atoms with Crippen LogP contribution in [0.1, 0.15) is 34.3 Å². The van der Waals surface area contributed by atoms with Crippen molar-refractivity contribution in [3.8, 4) is 0 Å². The van der Waals surface area contributed by atoms with Crippen LogP contribution in [0.15, 0.2) is 32.3 Å². The predicted molar refractivity (Wildman–Crippen MR) is 89.6 cm³/mol. The van der Waals surface area contributed by atoms with Crippen molar-refractivity contribution >= 4 is 17.0 Å². The number of fused-ring (bicyclic) bond motifs is 1. The van der Waals surface area contributed by atoms with Crippen molar-refractivity contribution in [1.29, 1.82) is 0 Å². The highest BCUT2D eigenvalue weighted by Gasteiger charge is 2.15. The van der Waals surface area contributed by atoms with E-state index < -0.39 is 17.1 Å². The standard InChI is InChI=1S/C17H17N3O5/c1-4-20-14-6-5-11(7-13(14)18-15(21)16(20)22)17(23)24-8-12-9(2)19-25-10(12)3/h5-7H,4,8H2,1-3H3,(H,18,21). The molecule has 0 amide bonds. The van der Waals surface area contributed by atoms with Gasteiger partial charge >= 0.3 is 17.1 Å². The van der Waals surface area contributed by atoms with E-state index in [0.29, 0.717) is 29.0 Å². The third-order valence-corrected chi connectivity index (χ3v) is 4.06. The molecule has 0 atom stereocenters. The van der Waals surface area contributed by atoms with Crippen LogP contribution in [0.5, 0.6) is 0 Å². The number of hydrogen-bond donors (Lipinski definition) is 1. The second-order valence-corrected chi connectivity index (χ2v) is 5.61. The molecule has 3 rings (SSSR count). The average Bonchev–Trinajstić information content (AvgIpc) is 2.91. The molecule has 0 saturated heterocycles. The first-order chi connectivity index (χ1) is 11.9. The molecule has 0 spiro atoms. The van der Waals surface area contributed by atoms with Crippen LogP contribution >= 0.6 is 0 Å². The molecule has 0 aliphatic carbocycles. The normalized spacial score (nSPS) is 11.0. The average molecular weight is 343 g/mol. The molecule has 1 N–H and O–H groups in total. The van der Waals surface area contributed by atoms with Gasteiger partial charge in [0.2, 0.25) is 0 Å². The molecule has 1 aromatic carbocycles. The third kappa shape index (κ3) is 2.98. The van der Waals surface area contributed by atoms with E-state index in [2.05, 4.69) is 10.1 Å². The van der Waals surface area contributed by atoms with Crippen LogP contribution in [0.25, 0.3) is 11.0 Å². The van der Waals surface area contributed by atoms with Crippen LogP contribution in [-0.2, 0) is 17.9 Å². The quantitative estimate of drug-likeness (QED) is 0.570. The Balaban J connectivity index is 1.91. The monoisotopic (exact) mass is 343 g/mol. The van der Waals surface area contributed by atoms with Crippen molar-refractivity contribution in [2.45, 2.75) is 33.9 Å². The molecule has 130 valence electrons. The fourth-order valence-corrected chi connectivity index (χ4v) is 2.65. The van der Waals surface area contributed by atoms with Crippen LogP contribution in [0.2, 0.25) is 0 Å². The second-order valence-electron chi connectivity index (χ2n) is 5.61. The topological polar surface area (TPSA) is 107 Å². The predicted octanol–water partition coefficient (Wildman–Crippen LogP) is 1.67. The van der Waals surface area contributed by atoms with Crippen molar-refractivity contribution in [3.63, 3.8) is 0 Å². The Morgan fingerprint density at radius 2 is 2.08 bits per heavy atom. The molecule has 0 radical (unpaired) electrons. The number of hydrogen-bond acceptors (Lipinski definition) is 6. The van der Waals surface area contributed by atoms with E-state index in [1.54, 1.807) is 32.9 Å². The number of esters is 1. The fourth-order valence-electron chi connectivity index (χ4n) is 2.65. The first kappa shape index (κ1) is 16.7. The first-order valence-corrected chi connectivity index (χ1v) is 7.78. The van der Waals surface area contributed by atoms with Crippen molar-refractivity contribution in [2.24, 2.45) is 0 Å². The molecule has 0 saturated carbocycles. The zero-order chi connectivity index (χ0) is 18.1. The SMILES string of the molecule is CCn1c(=O)c(=O)[nH]c2cc(C(=O)OCc3c(C)noc3C)ccc21. The minimum absolute atomic E-state index is 0.0447. The lowest BCUT2D eigenvalue weighted by molar-refractivity contribution is 0.0471. The molecule has 25 heavy (non-hydrogen) atoms. The Hall–Kier alpha value is -3.16. The molecular formula is C17H17N3O5. The molecule has 0 unspecified atom stereocenters. The summed E-state index contributed by atoms with van der Waals surface area (Å²) in [6.07, 6.45) is 0. The molecule has 8 heteroatoms. The number of carbonyl (C=O) groups is 1. The summed E-state index contributed by atoms with van der Waals surface area (Å²) in [6, 6.07) is 4.67. The van der Waals surface area contributed by atoms with Crippen LogP contribution in [-0.4, -0.2) is 20.7 Å². The zero-order valence-corrected chi connectivity index (χ0v) is 14.1. The lowest BCUT2D eigenvalue weighted by Gasteiger charge is -2.09. The summed E-state index contributed by atoms with van der Waals surface area (Å²) >= 11 is 0. The minimum Gasteiger partial charge on any atom is -0.457 e. The molecule has 0 aliphatic heterocycles. The molecule has 0 aliphatic rings. The van der Waals surface area contributed by atoms with E-state index in [1.165, 1.54) is 10.6 Å². The molecular weight excluding hydrogens is 326 g/mol. The van der Waals surface area contributed by atoms with Gasteiger partial charge in [-0.3, -0.25) is 9.59 Å². The number of aryl methyl sites for hydroxylation is 3. The lowest BCUT2D eigenvalue weighted by atomic mass is 10.2. The first-order valence-electron chi connectivity index (χ1n) is 7.78. The lowest BCUT2D eigenvalue weighted by Crippen LogP contribution is -2.36. The summed E-state index contributed by atoms with van der Waals surface area (Å²) in [5.74, 6) is 0.0529. The van der Waals surface area contributed by atoms with Crippen molar-refractivity contribution in [2.75, 3.05) is 0 Å². The summed E-state index contributed by atoms with van der Waals surface area (Å²) in [5.41, 5.74) is 1.27. The van der Waals surface area contributed by atoms with Gasteiger partial charge in [-0.05, 0) is 39.0 Å². The summed E-state index contributed by atoms with van der Waals surface area (Å²) in [6.45, 7) is 5.68. The highest BCUT2D eigenvalue weighted by Crippen LogP contribution is 2.16. The van der Waals surface area contributed by atoms with E-state index >= 15 is 0 Å². The van der Waals surface area contributed by atoms with Crippen LogP contribution < -0.4 is 11.1 Å². The largest absolute Gasteiger partial charge is 0.457 e. The van der Waals surface area contributed by atoms with Crippen LogP contribution in [0.4, 0.5) is 0 Å². The van der Waals surface area contributed by atoms with E-state index in [9.17, 15) is 14.4 Å². The van der Waals surface area contributed by atoms with Crippen molar-refractivity contribution in [1.82, 2.24) is 14.7 Å². The number of H-pyrrole nitrogens is 1. The maximum atomic E-state index is 12.3. The Morgan fingerprint density at radius 1 is 1.32 bits per heavy atom. The molecule has 3 aromatic rings. The van der Waals surface area contributed by atoms with Gasteiger partial charge in [-0.15, -0.1) is 0 Å². The molecule has 2 heterocycles. The number of nitrogens with one attached hydrogen (secondary N) is 1. The van der Waals surface area contributed by atoms with Crippen molar-refractivity contribution in [3.05, 3.63) is 61.5 Å². The van der Waals surface area contributed by atoms with E-state index in [4.69, 9.17) is 9.26 Å². The molecule has 0 fully saturated rings. The fraction of sp³-hybridized carbons (Fsp3) is 0.294. The van der Waals surface area contributed by atoms with Crippen LogP contribution in [0.3, 0.4) is 0 Å². The zero-order valence-electron chi connectivity index (χ0n) is 14.1. The van der Waals surface area contributed by atoms with Gasteiger partial charge in [-0.25, -0.2) is 4.79 Å². The van der Waals surface area contributed by atoms with Gasteiger partial charge in [0.1, 0.15) is 12.4 Å². The van der Waals surface area contributed by atoms with Crippen molar-refractivity contribution < 1.29 is 14.1 Å². The molecule has 8 nitrogen and oxygen atoms in total. The van der Waals surface area contributed by atoms with E-state index in [0.717, 1.165) is 5.56 Å². The van der Waals surface area contributed by atoms with Crippen LogP contribution in [0, 0.1) is 13.8 Å². The number of carbonyl (C=O) groups excluding carboxylic acids is 1. The van der Waals surface area contributed by atoms with Gasteiger partial charge < -0.3 is 18.8 Å². The molecule has 0 bridgehead atoms. The number of aromatic amines is 1. The Bertz CT molecular complexity index is 1050. The van der Waals surface area contributed by atoms with Gasteiger partial charge in [0, 0.05) is 6.54 Å². The van der Waals surface area contributed by atoms with Gasteiger partial charge in [-0.2, -0.15) is 0 Å². The van der Waals surface area contributed by atoms with Gasteiger partial charge in [0.15, 0.2) is 0 Å². The number of benzene rings is 1. The summed E-state index contributed by atoms with van der Waals surface area (Å²) in [5, 5.41) is 3.81. The minimum atomic E-state index is -0.726. The highest BCUT2D eigenvalue weighted by molar-refractivity contribution is 5.93. The van der Waals surface area contributed by atoms with Gasteiger partial charge in [0.25, 0.3) is 0 Å². The van der Waals surface area contributed by atoms with Gasteiger partial charge in [0.05, 0.1) is 27.9 Å². The second kappa shape index (κ2) is 6.39. The highest BCUT2D eigenvalue weighted by atomic mass is 16.5. The van der Waals surface area contributed by atoms with E-state index in [-0.39, 0.29) is 12.2 Å². The Morgan fingerprint density at radius 3 is 2.72 bits per heavy atom. The maximum Gasteiger partial charge on any atom is 0.338 e. The number of ether oxygens (including phenoxy) is 1. The Labute approximate surface area is 142 Å². The summed E-state index contributed by atoms with van der Waals surface area (Å²) in [7, 11) is 0. The smallest absolute Gasteiger partial charge is 0.338 e. The summed E-state index contributed by atoms with van der Waals surface area (Å²) in [4.78, 5) is 38.3. The number of aromatic nitrogens is 3. The molecule has 2 aromatic heterocycles. The summed E-state index contributed by atoms with van der Waals surface area (Å²) < 4.78 is 11.7. The van der Waals surface area contributed by atoms with E-state index in [1.807, 2.05) is 0 Å². The number of rotatable bonds is 4. The number of nitrogens with zero attached hydrogens (tertiary/aromatic N) is 2. The maximum absolute atomic E-state index is 12.3.